The van der Waals surface area contributed by atoms with Gasteiger partial charge >= 0.3 is 0 Å². The molecule has 0 aromatic carbocycles. The normalized spacial score (nSPS) is 15.2. The molecule has 0 aliphatic carbocycles. The second kappa shape index (κ2) is 2.83. The molecule has 0 fully saturated rings. The summed E-state index contributed by atoms with van der Waals surface area (Å²) in [6.07, 6.45) is 4.34. The van der Waals surface area contributed by atoms with Crippen LogP contribution in [0.3, 0.4) is 0 Å². The van der Waals surface area contributed by atoms with Crippen LogP contribution in [0.4, 0.5) is 0 Å². The molecule has 12 heavy (non-hydrogen) atoms. The highest BCUT2D eigenvalue weighted by atomic mass is 31.0. The molecular formula is C8H9N2OP. The van der Waals surface area contributed by atoms with Crippen molar-refractivity contribution in [3.63, 3.8) is 0 Å². The first-order valence-corrected chi connectivity index (χ1v) is 4.37. The van der Waals surface area contributed by atoms with E-state index in [0.717, 1.165) is 29.4 Å². The molecule has 0 saturated carbocycles. The second-order valence-electron chi connectivity index (χ2n) is 2.77. The molecule has 1 aromatic rings. The van der Waals surface area contributed by atoms with Gasteiger partial charge in [0.2, 0.25) is 0 Å². The molecule has 62 valence electrons. The number of carbonyl (C=O) groups excluding carboxylic acids is 1. The summed E-state index contributed by atoms with van der Waals surface area (Å²) in [5.41, 5.74) is 1.83. The maximum atomic E-state index is 11.4. The quantitative estimate of drug-likeness (QED) is 0.565. The largest absolute Gasteiger partial charge is 0.352 e. The summed E-state index contributed by atoms with van der Waals surface area (Å²) in [7, 11) is 2.53. The summed E-state index contributed by atoms with van der Waals surface area (Å²) in [6, 6.07) is 0. The number of nitrogens with one attached hydrogen (secondary N) is 1. The minimum Gasteiger partial charge on any atom is -0.352 e. The van der Waals surface area contributed by atoms with Crippen LogP contribution < -0.4 is 10.6 Å². The standard InChI is InChI=1S/C8H9N2OP/c11-8-7-5(1-2-10-8)3-9-4-6(7)12/h3-4H,1-2,12H2,(H,10,11). The fraction of sp³-hybridized carbons (Fsp3) is 0.250. The molecule has 1 atom stereocenters. The smallest absolute Gasteiger partial charge is 0.252 e. The topological polar surface area (TPSA) is 42.0 Å². The Labute approximate surface area is 72.8 Å². The van der Waals surface area contributed by atoms with E-state index in [0.29, 0.717) is 0 Å². The van der Waals surface area contributed by atoms with E-state index in [1.54, 1.807) is 12.4 Å². The van der Waals surface area contributed by atoms with Crippen LogP contribution in [0.15, 0.2) is 12.4 Å². The highest BCUT2D eigenvalue weighted by molar-refractivity contribution is 7.27. The van der Waals surface area contributed by atoms with Crippen LogP contribution >= 0.6 is 9.24 Å². The van der Waals surface area contributed by atoms with Gasteiger partial charge in [-0.2, -0.15) is 0 Å². The van der Waals surface area contributed by atoms with E-state index < -0.39 is 0 Å². The number of hydrogen-bond donors (Lipinski definition) is 1. The Morgan fingerprint density at radius 3 is 3.08 bits per heavy atom. The van der Waals surface area contributed by atoms with Crippen molar-refractivity contribution >= 4 is 20.5 Å². The molecule has 2 heterocycles. The summed E-state index contributed by atoms with van der Waals surface area (Å²) in [4.78, 5) is 15.4. The van der Waals surface area contributed by atoms with Crippen LogP contribution in [0.2, 0.25) is 0 Å². The number of pyridine rings is 1. The van der Waals surface area contributed by atoms with Crippen LogP contribution in [0.5, 0.6) is 0 Å². The van der Waals surface area contributed by atoms with Crippen molar-refractivity contribution in [2.75, 3.05) is 6.54 Å². The Kier molecular flexibility index (Phi) is 1.81. The number of fused-ring (bicyclic) bond motifs is 1. The van der Waals surface area contributed by atoms with Gasteiger partial charge in [-0.15, -0.1) is 9.24 Å². The van der Waals surface area contributed by atoms with Crippen molar-refractivity contribution < 1.29 is 4.79 Å². The third-order valence-corrected chi connectivity index (χ3v) is 2.40. The summed E-state index contributed by atoms with van der Waals surface area (Å²) in [6.45, 7) is 0.724. The Balaban J connectivity index is 2.60. The molecule has 1 unspecified atom stereocenters. The van der Waals surface area contributed by atoms with Crippen molar-refractivity contribution in [3.05, 3.63) is 23.5 Å². The van der Waals surface area contributed by atoms with Crippen molar-refractivity contribution in [2.24, 2.45) is 0 Å². The van der Waals surface area contributed by atoms with Gasteiger partial charge in [0.15, 0.2) is 0 Å². The fourth-order valence-corrected chi connectivity index (χ4v) is 1.79. The minimum atomic E-state index is 0.0173. The van der Waals surface area contributed by atoms with Crippen molar-refractivity contribution in [1.82, 2.24) is 10.3 Å². The molecule has 1 aliphatic heterocycles. The summed E-state index contributed by atoms with van der Waals surface area (Å²) in [5, 5.41) is 3.68. The van der Waals surface area contributed by atoms with E-state index in [9.17, 15) is 4.79 Å². The van der Waals surface area contributed by atoms with Gasteiger partial charge in [-0.25, -0.2) is 0 Å². The van der Waals surface area contributed by atoms with E-state index in [1.165, 1.54) is 0 Å². The molecule has 0 saturated heterocycles. The summed E-state index contributed by atoms with van der Waals surface area (Å²) in [5.74, 6) is 0.0173. The summed E-state index contributed by atoms with van der Waals surface area (Å²) < 4.78 is 0. The maximum Gasteiger partial charge on any atom is 0.252 e. The van der Waals surface area contributed by atoms with E-state index in [1.807, 2.05) is 0 Å². The lowest BCUT2D eigenvalue weighted by molar-refractivity contribution is 0.0947. The first kappa shape index (κ1) is 7.69. The number of aromatic nitrogens is 1. The van der Waals surface area contributed by atoms with Gasteiger partial charge in [0, 0.05) is 24.2 Å². The van der Waals surface area contributed by atoms with Crippen LogP contribution in [-0.2, 0) is 6.42 Å². The van der Waals surface area contributed by atoms with E-state index >= 15 is 0 Å². The molecule has 1 amide bonds. The monoisotopic (exact) mass is 180 g/mol. The Morgan fingerprint density at radius 2 is 2.33 bits per heavy atom. The van der Waals surface area contributed by atoms with Gasteiger partial charge < -0.3 is 5.32 Å². The molecule has 0 radical (unpaired) electrons. The molecule has 0 spiro atoms. The third-order valence-electron chi connectivity index (χ3n) is 1.96. The number of amides is 1. The zero-order valence-corrected chi connectivity index (χ0v) is 7.66. The lowest BCUT2D eigenvalue weighted by Gasteiger charge is -2.16. The number of nitrogens with zero attached hydrogens (tertiary/aromatic N) is 1. The lowest BCUT2D eigenvalue weighted by Crippen LogP contribution is -2.35. The van der Waals surface area contributed by atoms with Gasteiger partial charge in [-0.3, -0.25) is 9.78 Å². The van der Waals surface area contributed by atoms with Gasteiger partial charge in [0.25, 0.3) is 5.91 Å². The molecule has 4 heteroatoms. The maximum absolute atomic E-state index is 11.4. The molecule has 3 nitrogen and oxygen atoms in total. The molecular weight excluding hydrogens is 171 g/mol. The van der Waals surface area contributed by atoms with Crippen LogP contribution in [0.1, 0.15) is 15.9 Å². The highest BCUT2D eigenvalue weighted by Crippen LogP contribution is 2.11. The predicted molar refractivity (Wildman–Crippen MR) is 49.6 cm³/mol. The second-order valence-corrected chi connectivity index (χ2v) is 3.39. The average molecular weight is 180 g/mol. The Morgan fingerprint density at radius 1 is 1.50 bits per heavy atom. The van der Waals surface area contributed by atoms with E-state index in [2.05, 4.69) is 19.5 Å². The highest BCUT2D eigenvalue weighted by Gasteiger charge is 2.18. The third kappa shape index (κ3) is 1.10. The number of hydrogen-bond acceptors (Lipinski definition) is 2. The van der Waals surface area contributed by atoms with Crippen molar-refractivity contribution in [2.45, 2.75) is 6.42 Å². The lowest BCUT2D eigenvalue weighted by atomic mass is 10.0. The zero-order valence-electron chi connectivity index (χ0n) is 6.50. The van der Waals surface area contributed by atoms with Crippen molar-refractivity contribution in [3.8, 4) is 0 Å². The molecule has 2 rings (SSSR count). The van der Waals surface area contributed by atoms with Gasteiger partial charge in [-0.1, -0.05) is 0 Å². The predicted octanol–water partition coefficient (Wildman–Crippen LogP) is -0.132. The molecule has 0 bridgehead atoms. The Bertz CT molecular complexity index is 338. The summed E-state index contributed by atoms with van der Waals surface area (Å²) >= 11 is 0. The first-order valence-electron chi connectivity index (χ1n) is 3.79. The molecule has 1 aromatic heterocycles. The fourth-order valence-electron chi connectivity index (χ4n) is 1.39. The molecule has 1 aliphatic rings. The first-order chi connectivity index (χ1) is 5.79. The van der Waals surface area contributed by atoms with Gasteiger partial charge in [0.05, 0.1) is 5.56 Å². The SMILES string of the molecule is O=C1NCCc2cncc(P)c21. The van der Waals surface area contributed by atoms with Crippen LogP contribution in [0, 0.1) is 0 Å². The van der Waals surface area contributed by atoms with Crippen LogP contribution in [0.25, 0.3) is 0 Å². The number of rotatable bonds is 0. The van der Waals surface area contributed by atoms with Crippen LogP contribution in [-0.4, -0.2) is 17.4 Å². The van der Waals surface area contributed by atoms with Gasteiger partial charge in [-0.05, 0) is 12.0 Å². The van der Waals surface area contributed by atoms with E-state index in [4.69, 9.17) is 0 Å². The van der Waals surface area contributed by atoms with Gasteiger partial charge in [0.1, 0.15) is 0 Å². The van der Waals surface area contributed by atoms with Crippen molar-refractivity contribution in [1.29, 1.82) is 0 Å². The average Bonchev–Trinajstić information content (AvgIpc) is 2.04. The minimum absolute atomic E-state index is 0.0173. The molecule has 1 N–H and O–H groups in total. The zero-order chi connectivity index (χ0) is 8.55. The van der Waals surface area contributed by atoms with E-state index in [-0.39, 0.29) is 5.91 Å². The Hall–Kier alpha value is -0.950. The number of carbonyl (C=O) groups is 1.